The average molecular weight is 291 g/mol. The first kappa shape index (κ1) is 13.0. The molecule has 103 valence electrons. The standard InChI is InChI=1S/C13H2F7/c14-5-2-3-1-4-7(6(3)10(17)9(5)16)11(18)13(20)12(19)8(4)15/h1-2H. The van der Waals surface area contributed by atoms with Crippen molar-refractivity contribution in [3.05, 3.63) is 64.3 Å². The predicted molar refractivity (Wildman–Crippen MR) is 54.1 cm³/mol. The maximum atomic E-state index is 13.7. The third-order valence-electron chi connectivity index (χ3n) is 3.05. The van der Waals surface area contributed by atoms with Crippen LogP contribution in [0.25, 0.3) is 11.1 Å². The van der Waals surface area contributed by atoms with Crippen LogP contribution in [-0.4, -0.2) is 0 Å². The van der Waals surface area contributed by atoms with Gasteiger partial charge in [-0.15, -0.1) is 0 Å². The summed E-state index contributed by atoms with van der Waals surface area (Å²) >= 11 is 0. The van der Waals surface area contributed by atoms with Crippen molar-refractivity contribution in [3.63, 3.8) is 0 Å². The van der Waals surface area contributed by atoms with E-state index in [4.69, 9.17) is 0 Å². The fourth-order valence-electron chi connectivity index (χ4n) is 2.17. The van der Waals surface area contributed by atoms with E-state index in [1.165, 1.54) is 0 Å². The van der Waals surface area contributed by atoms with Crippen LogP contribution < -0.4 is 0 Å². The molecule has 0 amide bonds. The van der Waals surface area contributed by atoms with Gasteiger partial charge < -0.3 is 0 Å². The molecule has 0 fully saturated rings. The van der Waals surface area contributed by atoms with Crippen LogP contribution in [0.2, 0.25) is 0 Å². The molecule has 0 bridgehead atoms. The van der Waals surface area contributed by atoms with Gasteiger partial charge in [-0.1, -0.05) is 0 Å². The molecule has 20 heavy (non-hydrogen) atoms. The first-order valence-corrected chi connectivity index (χ1v) is 5.23. The second kappa shape index (κ2) is 3.97. The fraction of sp³-hybridized carbons (Fsp3) is 0. The zero-order chi connectivity index (χ0) is 14.8. The van der Waals surface area contributed by atoms with Gasteiger partial charge in [0.15, 0.2) is 40.7 Å². The van der Waals surface area contributed by atoms with E-state index in [1.54, 1.807) is 0 Å². The maximum absolute atomic E-state index is 13.7. The summed E-state index contributed by atoms with van der Waals surface area (Å²) in [7, 11) is 0. The van der Waals surface area contributed by atoms with E-state index in [2.05, 4.69) is 0 Å². The summed E-state index contributed by atoms with van der Waals surface area (Å²) < 4.78 is 93.2. The first-order chi connectivity index (χ1) is 9.34. The molecule has 7 heteroatoms. The Labute approximate surface area is 107 Å². The van der Waals surface area contributed by atoms with E-state index < -0.39 is 63.0 Å². The number of fused-ring (bicyclic) bond motifs is 3. The molecular formula is C13H2F7. The summed E-state index contributed by atoms with van der Waals surface area (Å²) in [6.45, 7) is 0. The van der Waals surface area contributed by atoms with E-state index in [1.807, 2.05) is 0 Å². The third-order valence-corrected chi connectivity index (χ3v) is 3.05. The molecule has 1 radical (unpaired) electrons. The quantitative estimate of drug-likeness (QED) is 0.330. The zero-order valence-electron chi connectivity index (χ0n) is 9.30. The molecule has 0 saturated heterocycles. The zero-order valence-corrected chi connectivity index (χ0v) is 9.30. The average Bonchev–Trinajstić information content (AvgIpc) is 2.79. The molecule has 0 atom stereocenters. The SMILES string of the molecule is Fc1cc2c(c(F)c1F)-c1c(F)c(F)c(F)c(F)c1[CH]2. The van der Waals surface area contributed by atoms with Gasteiger partial charge in [0, 0.05) is 23.1 Å². The number of rotatable bonds is 0. The summed E-state index contributed by atoms with van der Waals surface area (Å²) in [6, 6.07) is 0.489. The number of benzene rings is 2. The minimum Gasteiger partial charge on any atom is -0.204 e. The Balaban J connectivity index is 2.45. The minimum atomic E-state index is -2.15. The van der Waals surface area contributed by atoms with Crippen LogP contribution in [-0.2, 0) is 0 Å². The molecule has 0 N–H and O–H groups in total. The second-order valence-corrected chi connectivity index (χ2v) is 4.14. The van der Waals surface area contributed by atoms with Crippen LogP contribution in [0.15, 0.2) is 6.07 Å². The minimum absolute atomic E-state index is 0.404. The first-order valence-electron chi connectivity index (χ1n) is 5.23. The lowest BCUT2D eigenvalue weighted by Gasteiger charge is -2.07. The van der Waals surface area contributed by atoms with Gasteiger partial charge >= 0.3 is 0 Å². The molecular weight excluding hydrogens is 289 g/mol. The van der Waals surface area contributed by atoms with Crippen molar-refractivity contribution in [1.82, 2.24) is 0 Å². The molecule has 2 aromatic carbocycles. The highest BCUT2D eigenvalue weighted by Gasteiger charge is 2.35. The second-order valence-electron chi connectivity index (χ2n) is 4.14. The predicted octanol–water partition coefficient (Wildman–Crippen LogP) is 4.24. The van der Waals surface area contributed by atoms with Gasteiger partial charge in [0.25, 0.3) is 0 Å². The van der Waals surface area contributed by atoms with Gasteiger partial charge in [0.2, 0.25) is 0 Å². The van der Waals surface area contributed by atoms with Gasteiger partial charge in [-0.05, 0) is 11.6 Å². The molecule has 0 unspecified atom stereocenters. The van der Waals surface area contributed by atoms with E-state index in [0.29, 0.717) is 6.07 Å². The summed E-state index contributed by atoms with van der Waals surface area (Å²) in [4.78, 5) is 0. The largest absolute Gasteiger partial charge is 0.204 e. The van der Waals surface area contributed by atoms with Crippen molar-refractivity contribution in [2.75, 3.05) is 0 Å². The number of halogens is 7. The molecule has 0 saturated carbocycles. The van der Waals surface area contributed by atoms with E-state index in [-0.39, 0.29) is 0 Å². The van der Waals surface area contributed by atoms with Crippen molar-refractivity contribution in [1.29, 1.82) is 0 Å². The smallest absolute Gasteiger partial charge is 0.198 e. The maximum Gasteiger partial charge on any atom is 0.198 e. The summed E-state index contributed by atoms with van der Waals surface area (Å²) in [5, 5.41) is 0. The Morgan fingerprint density at radius 1 is 0.550 bits per heavy atom. The van der Waals surface area contributed by atoms with Crippen molar-refractivity contribution in [2.24, 2.45) is 0 Å². The lowest BCUT2D eigenvalue weighted by Crippen LogP contribution is -2.02. The van der Waals surface area contributed by atoms with Crippen LogP contribution in [0.5, 0.6) is 0 Å². The molecule has 0 aliphatic heterocycles. The Bertz CT molecular complexity index is 765. The van der Waals surface area contributed by atoms with Crippen molar-refractivity contribution in [2.45, 2.75) is 0 Å². The van der Waals surface area contributed by atoms with Crippen LogP contribution in [0.3, 0.4) is 0 Å². The van der Waals surface area contributed by atoms with Gasteiger partial charge in [0.1, 0.15) is 0 Å². The topological polar surface area (TPSA) is 0 Å². The van der Waals surface area contributed by atoms with Crippen molar-refractivity contribution >= 4 is 0 Å². The third kappa shape index (κ3) is 1.43. The summed E-state index contributed by atoms with van der Waals surface area (Å²) in [5.74, 6) is -13.1. The summed E-state index contributed by atoms with van der Waals surface area (Å²) in [6.07, 6.45) is 0.719. The number of hydrogen-bond donors (Lipinski definition) is 0. The van der Waals surface area contributed by atoms with Crippen LogP contribution >= 0.6 is 0 Å². The number of hydrogen-bond acceptors (Lipinski definition) is 0. The van der Waals surface area contributed by atoms with Crippen molar-refractivity contribution < 1.29 is 30.7 Å². The molecule has 0 aromatic heterocycles. The highest BCUT2D eigenvalue weighted by molar-refractivity contribution is 5.82. The molecule has 2 aromatic rings. The molecule has 0 heterocycles. The van der Waals surface area contributed by atoms with E-state index in [0.717, 1.165) is 6.42 Å². The van der Waals surface area contributed by atoms with Gasteiger partial charge in [-0.25, -0.2) is 30.7 Å². The van der Waals surface area contributed by atoms with Crippen LogP contribution in [0.1, 0.15) is 11.1 Å². The fourth-order valence-corrected chi connectivity index (χ4v) is 2.17. The lowest BCUT2D eigenvalue weighted by atomic mass is 10.0. The highest BCUT2D eigenvalue weighted by atomic mass is 19.2. The van der Waals surface area contributed by atoms with Crippen molar-refractivity contribution in [3.8, 4) is 11.1 Å². The molecule has 0 spiro atoms. The van der Waals surface area contributed by atoms with Gasteiger partial charge in [-0.3, -0.25) is 0 Å². The van der Waals surface area contributed by atoms with Crippen LogP contribution in [0, 0.1) is 47.1 Å². The Morgan fingerprint density at radius 2 is 1.10 bits per heavy atom. The Morgan fingerprint density at radius 3 is 1.75 bits per heavy atom. The highest BCUT2D eigenvalue weighted by Crippen LogP contribution is 2.44. The molecule has 1 aliphatic rings. The normalized spacial score (nSPS) is 12.6. The molecule has 0 nitrogen and oxygen atoms in total. The van der Waals surface area contributed by atoms with Gasteiger partial charge in [0.05, 0.1) is 0 Å². The monoisotopic (exact) mass is 291 g/mol. The summed E-state index contributed by atoms with van der Waals surface area (Å²) in [5.41, 5.74) is -3.00. The lowest BCUT2D eigenvalue weighted by molar-refractivity contribution is 0.408. The van der Waals surface area contributed by atoms with Crippen LogP contribution in [0.4, 0.5) is 30.7 Å². The Kier molecular flexibility index (Phi) is 2.57. The molecule has 1 aliphatic carbocycles. The Hall–Kier alpha value is -2.05. The van der Waals surface area contributed by atoms with E-state index in [9.17, 15) is 30.7 Å². The van der Waals surface area contributed by atoms with E-state index >= 15 is 0 Å². The van der Waals surface area contributed by atoms with Gasteiger partial charge in [-0.2, -0.15) is 0 Å². The molecule has 3 rings (SSSR count).